The standard InChI is InChI=1S/C21H32N2O/c1-16(2)13-20(24)23-11-9-21(10-12-23)15-22(4)14-19(21)18-7-5-17(3)6-8-18/h5-8,16,19H,9-15H2,1-4H3. The zero-order chi connectivity index (χ0) is 17.3. The Balaban J connectivity index is 1.72. The molecule has 1 unspecified atom stereocenters. The molecule has 3 rings (SSSR count). The molecule has 0 saturated carbocycles. The van der Waals surface area contributed by atoms with E-state index in [0.717, 1.165) is 39.0 Å². The SMILES string of the molecule is Cc1ccc(C2CN(C)CC23CCN(C(=O)CC(C)C)CC3)cc1. The first kappa shape index (κ1) is 17.5. The van der Waals surface area contributed by atoms with Gasteiger partial charge in [-0.05, 0) is 43.7 Å². The van der Waals surface area contributed by atoms with Crippen LogP contribution in [0.25, 0.3) is 0 Å². The van der Waals surface area contributed by atoms with Gasteiger partial charge in [-0.1, -0.05) is 43.7 Å². The molecule has 1 aromatic carbocycles. The molecule has 0 aliphatic carbocycles. The molecule has 0 N–H and O–H groups in total. The molecule has 2 aliphatic heterocycles. The van der Waals surface area contributed by atoms with Gasteiger partial charge in [-0.2, -0.15) is 0 Å². The van der Waals surface area contributed by atoms with Gasteiger partial charge < -0.3 is 9.80 Å². The highest BCUT2D eigenvalue weighted by Crippen LogP contribution is 2.49. The molecule has 3 nitrogen and oxygen atoms in total. The highest BCUT2D eigenvalue weighted by molar-refractivity contribution is 5.76. The summed E-state index contributed by atoms with van der Waals surface area (Å²) < 4.78 is 0. The van der Waals surface area contributed by atoms with Crippen molar-refractivity contribution in [2.75, 3.05) is 33.2 Å². The van der Waals surface area contributed by atoms with Crippen LogP contribution in [0.2, 0.25) is 0 Å². The van der Waals surface area contributed by atoms with Crippen molar-refractivity contribution in [3.8, 4) is 0 Å². The number of likely N-dealkylation sites (N-methyl/N-ethyl adjacent to an activating group) is 1. The topological polar surface area (TPSA) is 23.6 Å². The van der Waals surface area contributed by atoms with E-state index < -0.39 is 0 Å². The van der Waals surface area contributed by atoms with Crippen molar-refractivity contribution in [2.45, 2.75) is 46.0 Å². The van der Waals surface area contributed by atoms with E-state index in [1.54, 1.807) is 0 Å². The maximum atomic E-state index is 12.4. The summed E-state index contributed by atoms with van der Waals surface area (Å²) in [5, 5.41) is 0. The zero-order valence-electron chi connectivity index (χ0n) is 15.7. The molecule has 24 heavy (non-hydrogen) atoms. The summed E-state index contributed by atoms with van der Waals surface area (Å²) in [6.07, 6.45) is 2.97. The van der Waals surface area contributed by atoms with Crippen molar-refractivity contribution in [3.05, 3.63) is 35.4 Å². The van der Waals surface area contributed by atoms with E-state index >= 15 is 0 Å². The average molecular weight is 329 g/mol. The third-order valence-corrected chi connectivity index (χ3v) is 5.99. The molecule has 2 heterocycles. The number of hydrogen-bond acceptors (Lipinski definition) is 2. The number of carbonyl (C=O) groups is 1. The van der Waals surface area contributed by atoms with Crippen LogP contribution in [-0.2, 0) is 4.79 Å². The summed E-state index contributed by atoms with van der Waals surface area (Å²) >= 11 is 0. The largest absolute Gasteiger partial charge is 0.343 e. The lowest BCUT2D eigenvalue weighted by Gasteiger charge is -2.43. The summed E-state index contributed by atoms with van der Waals surface area (Å²) in [6.45, 7) is 10.6. The first-order chi connectivity index (χ1) is 11.4. The number of carbonyl (C=O) groups excluding carboxylic acids is 1. The van der Waals surface area contributed by atoms with Gasteiger partial charge in [-0.3, -0.25) is 4.79 Å². The van der Waals surface area contributed by atoms with Gasteiger partial charge in [0.1, 0.15) is 0 Å². The summed E-state index contributed by atoms with van der Waals surface area (Å²) in [7, 11) is 2.24. The monoisotopic (exact) mass is 328 g/mol. The third kappa shape index (κ3) is 3.51. The first-order valence-corrected chi connectivity index (χ1v) is 9.42. The Morgan fingerprint density at radius 2 is 1.83 bits per heavy atom. The maximum absolute atomic E-state index is 12.4. The molecule has 0 aromatic heterocycles. The predicted molar refractivity (Wildman–Crippen MR) is 99.1 cm³/mol. The van der Waals surface area contributed by atoms with Gasteiger partial charge in [0, 0.05) is 38.5 Å². The molecule has 1 aromatic rings. The summed E-state index contributed by atoms with van der Waals surface area (Å²) in [5.41, 5.74) is 3.15. The Morgan fingerprint density at radius 1 is 1.21 bits per heavy atom. The highest BCUT2D eigenvalue weighted by Gasteiger charge is 2.47. The smallest absolute Gasteiger partial charge is 0.222 e. The molecule has 1 amide bonds. The van der Waals surface area contributed by atoms with Crippen LogP contribution in [0.15, 0.2) is 24.3 Å². The molecule has 0 bridgehead atoms. The van der Waals surface area contributed by atoms with E-state index in [9.17, 15) is 4.79 Å². The van der Waals surface area contributed by atoms with E-state index in [4.69, 9.17) is 0 Å². The van der Waals surface area contributed by atoms with E-state index in [0.29, 0.717) is 29.6 Å². The number of piperidine rings is 1. The molecular formula is C21H32N2O. The molecule has 2 saturated heterocycles. The zero-order valence-corrected chi connectivity index (χ0v) is 15.7. The van der Waals surface area contributed by atoms with Crippen LogP contribution in [0.3, 0.4) is 0 Å². The summed E-state index contributed by atoms with van der Waals surface area (Å²) in [4.78, 5) is 17.0. The van der Waals surface area contributed by atoms with E-state index in [-0.39, 0.29) is 0 Å². The molecule has 1 atom stereocenters. The number of hydrogen-bond donors (Lipinski definition) is 0. The minimum absolute atomic E-state index is 0.345. The quantitative estimate of drug-likeness (QED) is 0.845. The lowest BCUT2D eigenvalue weighted by molar-refractivity contribution is -0.134. The van der Waals surface area contributed by atoms with Crippen LogP contribution in [-0.4, -0.2) is 48.9 Å². The van der Waals surface area contributed by atoms with Crippen LogP contribution in [0.5, 0.6) is 0 Å². The number of rotatable bonds is 3. The second-order valence-corrected chi connectivity index (χ2v) is 8.50. The Kier molecular flexibility index (Phi) is 5.00. The molecular weight excluding hydrogens is 296 g/mol. The number of nitrogens with zero attached hydrogens (tertiary/aromatic N) is 2. The van der Waals surface area contributed by atoms with Gasteiger partial charge in [0.15, 0.2) is 0 Å². The van der Waals surface area contributed by atoms with Gasteiger partial charge in [-0.15, -0.1) is 0 Å². The highest BCUT2D eigenvalue weighted by atomic mass is 16.2. The van der Waals surface area contributed by atoms with Crippen molar-refractivity contribution in [1.82, 2.24) is 9.80 Å². The summed E-state index contributed by atoms with van der Waals surface area (Å²) in [6, 6.07) is 9.11. The maximum Gasteiger partial charge on any atom is 0.222 e. The van der Waals surface area contributed by atoms with E-state index in [2.05, 4.69) is 61.9 Å². The average Bonchev–Trinajstić information content (AvgIpc) is 2.84. The van der Waals surface area contributed by atoms with Crippen molar-refractivity contribution in [2.24, 2.45) is 11.3 Å². The fourth-order valence-electron chi connectivity index (χ4n) is 4.66. The lowest BCUT2D eigenvalue weighted by Crippen LogP contribution is -2.46. The number of amides is 1. The normalized spacial score (nSPS) is 24.0. The van der Waals surface area contributed by atoms with E-state index in [1.807, 2.05) is 0 Å². The molecule has 3 heteroatoms. The number of benzene rings is 1. The van der Waals surface area contributed by atoms with Crippen LogP contribution in [0.4, 0.5) is 0 Å². The second kappa shape index (κ2) is 6.87. The van der Waals surface area contributed by atoms with Crippen molar-refractivity contribution < 1.29 is 4.79 Å². The first-order valence-electron chi connectivity index (χ1n) is 9.42. The molecule has 2 fully saturated rings. The number of aryl methyl sites for hydroxylation is 1. The summed E-state index contributed by atoms with van der Waals surface area (Å²) in [5.74, 6) is 1.40. The lowest BCUT2D eigenvalue weighted by atomic mass is 9.68. The Hall–Kier alpha value is -1.35. The van der Waals surface area contributed by atoms with Crippen LogP contribution in [0, 0.1) is 18.3 Å². The number of likely N-dealkylation sites (tertiary alicyclic amines) is 2. The molecule has 1 spiro atoms. The molecule has 132 valence electrons. The Labute approximate surface area is 147 Å². The minimum Gasteiger partial charge on any atom is -0.343 e. The van der Waals surface area contributed by atoms with Gasteiger partial charge in [0.25, 0.3) is 0 Å². The Morgan fingerprint density at radius 3 is 2.42 bits per heavy atom. The Bertz CT molecular complexity index is 570. The van der Waals surface area contributed by atoms with Gasteiger partial charge in [0.05, 0.1) is 0 Å². The predicted octanol–water partition coefficient (Wildman–Crippen LogP) is 3.68. The van der Waals surface area contributed by atoms with E-state index in [1.165, 1.54) is 11.1 Å². The minimum atomic E-state index is 0.345. The fraction of sp³-hybridized carbons (Fsp3) is 0.667. The van der Waals surface area contributed by atoms with Crippen molar-refractivity contribution in [3.63, 3.8) is 0 Å². The van der Waals surface area contributed by atoms with Crippen LogP contribution in [0.1, 0.15) is 50.2 Å². The molecule has 0 radical (unpaired) electrons. The van der Waals surface area contributed by atoms with Crippen molar-refractivity contribution >= 4 is 5.91 Å². The molecule has 2 aliphatic rings. The van der Waals surface area contributed by atoms with Crippen molar-refractivity contribution in [1.29, 1.82) is 0 Å². The van der Waals surface area contributed by atoms with Crippen LogP contribution < -0.4 is 0 Å². The second-order valence-electron chi connectivity index (χ2n) is 8.50. The third-order valence-electron chi connectivity index (χ3n) is 5.99. The fourth-order valence-corrected chi connectivity index (χ4v) is 4.66. The van der Waals surface area contributed by atoms with Gasteiger partial charge in [0.2, 0.25) is 5.91 Å². The van der Waals surface area contributed by atoms with Gasteiger partial charge in [-0.25, -0.2) is 0 Å². The van der Waals surface area contributed by atoms with Crippen LogP contribution >= 0.6 is 0 Å². The van der Waals surface area contributed by atoms with Gasteiger partial charge >= 0.3 is 0 Å².